The third-order valence-corrected chi connectivity index (χ3v) is 4.45. The van der Waals surface area contributed by atoms with Crippen molar-refractivity contribution in [2.45, 2.75) is 33.2 Å². The summed E-state index contributed by atoms with van der Waals surface area (Å²) in [6.45, 7) is 6.59. The molecule has 2 aromatic carbocycles. The van der Waals surface area contributed by atoms with E-state index in [1.807, 2.05) is 38.1 Å². The minimum atomic E-state index is -0.404. The summed E-state index contributed by atoms with van der Waals surface area (Å²) in [6.07, 6.45) is 0.730. The van der Waals surface area contributed by atoms with Crippen molar-refractivity contribution in [3.63, 3.8) is 0 Å². The minimum Gasteiger partial charge on any atom is -0.497 e. The number of carbonyl (C=O) groups is 2. The molecule has 0 saturated heterocycles. The van der Waals surface area contributed by atoms with Crippen LogP contribution in [0.25, 0.3) is 0 Å². The number of nitrogens with one attached hydrogen (secondary N) is 1. The highest BCUT2D eigenvalue weighted by molar-refractivity contribution is 5.94. The number of rotatable bonds is 8. The lowest BCUT2D eigenvalue weighted by Gasteiger charge is -2.28. The maximum atomic E-state index is 12.8. The molecule has 2 rings (SSSR count). The molecule has 0 saturated carbocycles. The molecule has 0 bridgehead atoms. The van der Waals surface area contributed by atoms with Crippen molar-refractivity contribution < 1.29 is 19.1 Å². The first kappa shape index (κ1) is 21.3. The van der Waals surface area contributed by atoms with Gasteiger partial charge in [-0.1, -0.05) is 18.2 Å². The molecule has 0 aromatic heterocycles. The van der Waals surface area contributed by atoms with E-state index in [1.165, 1.54) is 0 Å². The molecule has 150 valence electrons. The molecule has 0 aliphatic carbocycles. The van der Waals surface area contributed by atoms with Crippen LogP contribution >= 0.6 is 0 Å². The number of likely N-dealkylation sites (N-methyl/N-ethyl adjacent to an activating group) is 1. The number of hydrogen-bond donors (Lipinski definition) is 1. The Morgan fingerprint density at radius 1 is 1.11 bits per heavy atom. The Hall–Kier alpha value is -3.02. The molecule has 6 nitrogen and oxygen atoms in total. The molecule has 2 amide bonds. The van der Waals surface area contributed by atoms with E-state index >= 15 is 0 Å². The maximum absolute atomic E-state index is 12.8. The van der Waals surface area contributed by atoms with Crippen molar-refractivity contribution in [1.82, 2.24) is 4.90 Å². The SMILES string of the molecule is CCOC(=O)c1cccc(NC(=O)N(CC)C(C)Cc2ccc(OC)cc2)c1. The molecule has 6 heteroatoms. The Balaban J connectivity index is 2.03. The molecule has 0 spiro atoms. The number of carbonyl (C=O) groups excluding carboxylic acids is 2. The van der Waals surface area contributed by atoms with Gasteiger partial charge in [0.15, 0.2) is 0 Å². The second-order valence-electron chi connectivity index (χ2n) is 6.42. The van der Waals surface area contributed by atoms with Crippen LogP contribution in [0.1, 0.15) is 36.7 Å². The van der Waals surface area contributed by atoms with Crippen molar-refractivity contribution in [2.75, 3.05) is 25.6 Å². The maximum Gasteiger partial charge on any atom is 0.338 e. The van der Waals surface area contributed by atoms with Crippen LogP contribution in [0.2, 0.25) is 0 Å². The van der Waals surface area contributed by atoms with Crippen LogP contribution in [0.15, 0.2) is 48.5 Å². The largest absolute Gasteiger partial charge is 0.497 e. The normalized spacial score (nSPS) is 11.4. The molecular formula is C22H28N2O4. The molecule has 0 aliphatic heterocycles. The molecule has 1 unspecified atom stereocenters. The van der Waals surface area contributed by atoms with E-state index in [-0.39, 0.29) is 12.1 Å². The fourth-order valence-corrected chi connectivity index (χ4v) is 3.00. The van der Waals surface area contributed by atoms with Gasteiger partial charge in [0.05, 0.1) is 19.3 Å². The number of methoxy groups -OCH3 is 1. The summed E-state index contributed by atoms with van der Waals surface area (Å²) in [5.74, 6) is 0.404. The summed E-state index contributed by atoms with van der Waals surface area (Å²) < 4.78 is 10.2. The monoisotopic (exact) mass is 384 g/mol. The number of hydrogen-bond acceptors (Lipinski definition) is 4. The Labute approximate surface area is 166 Å². The van der Waals surface area contributed by atoms with Gasteiger partial charge in [0.25, 0.3) is 0 Å². The first-order valence-electron chi connectivity index (χ1n) is 9.46. The molecule has 28 heavy (non-hydrogen) atoms. The van der Waals surface area contributed by atoms with Gasteiger partial charge in [-0.15, -0.1) is 0 Å². The van der Waals surface area contributed by atoms with Crippen molar-refractivity contribution in [3.05, 3.63) is 59.7 Å². The predicted octanol–water partition coefficient (Wildman–Crippen LogP) is 4.36. The van der Waals surface area contributed by atoms with Gasteiger partial charge in [-0.05, 0) is 63.1 Å². The molecule has 1 atom stereocenters. The first-order chi connectivity index (χ1) is 13.5. The molecule has 0 radical (unpaired) electrons. The fourth-order valence-electron chi connectivity index (χ4n) is 3.00. The number of amides is 2. The number of urea groups is 1. The number of anilines is 1. The van der Waals surface area contributed by atoms with Crippen LogP contribution in [-0.2, 0) is 11.2 Å². The zero-order valence-electron chi connectivity index (χ0n) is 16.9. The highest BCUT2D eigenvalue weighted by atomic mass is 16.5. The lowest BCUT2D eigenvalue weighted by atomic mass is 10.1. The van der Waals surface area contributed by atoms with Gasteiger partial charge < -0.3 is 19.7 Å². The van der Waals surface area contributed by atoms with Gasteiger partial charge in [0.1, 0.15) is 5.75 Å². The quantitative estimate of drug-likeness (QED) is 0.687. The van der Waals surface area contributed by atoms with Gasteiger partial charge in [0, 0.05) is 18.3 Å². The van der Waals surface area contributed by atoms with Crippen molar-refractivity contribution in [3.8, 4) is 5.75 Å². The highest BCUT2D eigenvalue weighted by Gasteiger charge is 2.19. The van der Waals surface area contributed by atoms with Crippen molar-refractivity contribution in [2.24, 2.45) is 0 Å². The molecular weight excluding hydrogens is 356 g/mol. The molecule has 0 aliphatic rings. The third kappa shape index (κ3) is 5.74. The van der Waals surface area contributed by atoms with Crippen LogP contribution in [0, 0.1) is 0 Å². The van der Waals surface area contributed by atoms with Crippen LogP contribution in [-0.4, -0.2) is 43.2 Å². The summed E-state index contributed by atoms with van der Waals surface area (Å²) in [7, 11) is 1.64. The second-order valence-corrected chi connectivity index (χ2v) is 6.42. The molecule has 1 N–H and O–H groups in total. The van der Waals surface area contributed by atoms with Crippen molar-refractivity contribution >= 4 is 17.7 Å². The lowest BCUT2D eigenvalue weighted by molar-refractivity contribution is 0.0526. The van der Waals surface area contributed by atoms with E-state index in [0.717, 1.165) is 17.7 Å². The van der Waals surface area contributed by atoms with Gasteiger partial charge in [-0.3, -0.25) is 0 Å². The zero-order chi connectivity index (χ0) is 20.5. The van der Waals surface area contributed by atoms with Crippen LogP contribution in [0.3, 0.4) is 0 Å². The minimum absolute atomic E-state index is 0.00614. The molecule has 2 aromatic rings. The smallest absolute Gasteiger partial charge is 0.338 e. The Kier molecular flexibility index (Phi) is 7.87. The Morgan fingerprint density at radius 2 is 1.82 bits per heavy atom. The summed E-state index contributed by atoms with van der Waals surface area (Å²) in [4.78, 5) is 26.4. The van der Waals surface area contributed by atoms with Gasteiger partial charge in [-0.2, -0.15) is 0 Å². The van der Waals surface area contributed by atoms with E-state index < -0.39 is 5.97 Å². The molecule has 0 fully saturated rings. The van der Waals surface area contributed by atoms with Crippen LogP contribution < -0.4 is 10.1 Å². The Bertz CT molecular complexity index is 789. The standard InChI is InChI=1S/C22H28N2O4/c1-5-24(16(3)14-17-10-12-20(27-4)13-11-17)22(26)23-19-9-7-8-18(15-19)21(25)28-6-2/h7-13,15-16H,5-6,14H2,1-4H3,(H,23,26). The first-order valence-corrected chi connectivity index (χ1v) is 9.46. The number of esters is 1. The van der Waals surface area contributed by atoms with E-state index in [0.29, 0.717) is 24.4 Å². The van der Waals surface area contributed by atoms with E-state index in [9.17, 15) is 9.59 Å². The van der Waals surface area contributed by atoms with Gasteiger partial charge in [-0.25, -0.2) is 9.59 Å². The number of nitrogens with zero attached hydrogens (tertiary/aromatic N) is 1. The lowest BCUT2D eigenvalue weighted by Crippen LogP contribution is -2.42. The average molecular weight is 384 g/mol. The van der Waals surface area contributed by atoms with E-state index in [4.69, 9.17) is 9.47 Å². The predicted molar refractivity (Wildman–Crippen MR) is 110 cm³/mol. The third-order valence-electron chi connectivity index (χ3n) is 4.45. The second kappa shape index (κ2) is 10.3. The average Bonchev–Trinajstić information content (AvgIpc) is 2.69. The fraction of sp³-hybridized carbons (Fsp3) is 0.364. The number of ether oxygens (including phenoxy) is 2. The van der Waals surface area contributed by atoms with Crippen molar-refractivity contribution in [1.29, 1.82) is 0 Å². The van der Waals surface area contributed by atoms with E-state index in [1.54, 1.807) is 43.2 Å². The highest BCUT2D eigenvalue weighted by Crippen LogP contribution is 2.17. The van der Waals surface area contributed by atoms with Gasteiger partial charge >= 0.3 is 12.0 Å². The number of benzene rings is 2. The van der Waals surface area contributed by atoms with Gasteiger partial charge in [0.2, 0.25) is 0 Å². The van der Waals surface area contributed by atoms with Crippen LogP contribution in [0.4, 0.5) is 10.5 Å². The van der Waals surface area contributed by atoms with Crippen LogP contribution in [0.5, 0.6) is 5.75 Å². The summed E-state index contributed by atoms with van der Waals surface area (Å²) in [5, 5.41) is 2.87. The van der Waals surface area contributed by atoms with E-state index in [2.05, 4.69) is 5.32 Å². The summed E-state index contributed by atoms with van der Waals surface area (Å²) in [6, 6.07) is 14.4. The summed E-state index contributed by atoms with van der Waals surface area (Å²) >= 11 is 0. The summed E-state index contributed by atoms with van der Waals surface area (Å²) in [5.41, 5.74) is 2.10. The zero-order valence-corrected chi connectivity index (χ0v) is 16.9. The topological polar surface area (TPSA) is 67.9 Å². The molecule has 0 heterocycles. The Morgan fingerprint density at radius 3 is 2.43 bits per heavy atom.